The van der Waals surface area contributed by atoms with Crippen LogP contribution in [0.2, 0.25) is 0 Å². The molecule has 25 heavy (non-hydrogen) atoms. The molecule has 0 unspecified atom stereocenters. The lowest BCUT2D eigenvalue weighted by atomic mass is 9.99. The number of aromatic nitrogens is 1. The molecule has 0 saturated carbocycles. The summed E-state index contributed by atoms with van der Waals surface area (Å²) in [4.78, 5) is 4.62. The molecule has 3 heteroatoms. The number of nitrogens with zero attached hydrogens (tertiary/aromatic N) is 2. The van der Waals surface area contributed by atoms with Gasteiger partial charge >= 0.3 is 0 Å². The van der Waals surface area contributed by atoms with Gasteiger partial charge in [-0.1, -0.05) is 26.0 Å². The number of hydrogen-bond donors (Lipinski definition) is 0. The Bertz CT molecular complexity index is 829. The Morgan fingerprint density at radius 3 is 2.40 bits per heavy atom. The first-order valence-electron chi connectivity index (χ1n) is 8.67. The second-order valence-corrected chi connectivity index (χ2v) is 6.16. The Kier molecular flexibility index (Phi) is 5.34. The van der Waals surface area contributed by atoms with Gasteiger partial charge < -0.3 is 9.30 Å². The van der Waals surface area contributed by atoms with Crippen molar-refractivity contribution in [3.63, 3.8) is 0 Å². The minimum absolute atomic E-state index is 0.588. The van der Waals surface area contributed by atoms with Gasteiger partial charge in [-0.2, -0.15) is 0 Å². The molecule has 0 amide bonds. The lowest BCUT2D eigenvalue weighted by molar-refractivity contribution is 0.415. The molecule has 0 bridgehead atoms. The van der Waals surface area contributed by atoms with E-state index in [-0.39, 0.29) is 0 Å². The zero-order chi connectivity index (χ0) is 17.6. The molecule has 0 fully saturated rings. The van der Waals surface area contributed by atoms with Crippen molar-refractivity contribution < 1.29 is 4.74 Å². The third-order valence-corrected chi connectivity index (χ3v) is 4.55. The van der Waals surface area contributed by atoms with Crippen molar-refractivity contribution in [1.82, 2.24) is 4.57 Å². The van der Waals surface area contributed by atoms with Crippen LogP contribution in [0.4, 0.5) is 5.69 Å². The van der Waals surface area contributed by atoms with Crippen molar-refractivity contribution in [3.8, 4) is 11.4 Å². The maximum atomic E-state index is 5.22. The lowest BCUT2D eigenvalue weighted by Crippen LogP contribution is -1.97. The number of rotatable bonds is 6. The monoisotopic (exact) mass is 332 g/mol. The van der Waals surface area contributed by atoms with Crippen LogP contribution in [-0.2, 0) is 0 Å². The minimum atomic E-state index is 0.588. The van der Waals surface area contributed by atoms with Gasteiger partial charge in [-0.25, -0.2) is 0 Å². The molecular weight excluding hydrogens is 308 g/mol. The molecule has 3 rings (SSSR count). The van der Waals surface area contributed by atoms with Crippen molar-refractivity contribution >= 4 is 11.9 Å². The van der Waals surface area contributed by atoms with E-state index in [0.29, 0.717) is 5.92 Å². The van der Waals surface area contributed by atoms with Crippen LogP contribution in [0.5, 0.6) is 5.75 Å². The van der Waals surface area contributed by atoms with E-state index >= 15 is 0 Å². The Hall–Kier alpha value is -2.81. The Balaban J connectivity index is 1.79. The molecule has 2 aromatic carbocycles. The van der Waals surface area contributed by atoms with E-state index in [1.54, 1.807) is 7.11 Å². The Morgan fingerprint density at radius 1 is 1.04 bits per heavy atom. The maximum absolute atomic E-state index is 5.22. The van der Waals surface area contributed by atoms with Gasteiger partial charge in [0, 0.05) is 11.9 Å². The first-order chi connectivity index (χ1) is 12.2. The highest BCUT2D eigenvalue weighted by Gasteiger charge is 2.03. The van der Waals surface area contributed by atoms with Crippen LogP contribution in [0.3, 0.4) is 0 Å². The van der Waals surface area contributed by atoms with Crippen molar-refractivity contribution in [2.75, 3.05) is 7.11 Å². The topological polar surface area (TPSA) is 26.5 Å². The van der Waals surface area contributed by atoms with Gasteiger partial charge in [0.1, 0.15) is 5.75 Å². The molecule has 3 nitrogen and oxygen atoms in total. The summed E-state index contributed by atoms with van der Waals surface area (Å²) in [6.45, 7) is 4.46. The number of benzene rings is 2. The third-order valence-electron chi connectivity index (χ3n) is 4.55. The van der Waals surface area contributed by atoms with Gasteiger partial charge in [0.15, 0.2) is 0 Å². The van der Waals surface area contributed by atoms with Crippen molar-refractivity contribution in [1.29, 1.82) is 0 Å². The molecule has 0 aliphatic carbocycles. The summed E-state index contributed by atoms with van der Waals surface area (Å²) < 4.78 is 7.33. The molecule has 0 aliphatic rings. The molecule has 3 aromatic rings. The van der Waals surface area contributed by atoms with E-state index in [1.165, 1.54) is 5.56 Å². The fraction of sp³-hybridized carbons (Fsp3) is 0.227. The SMILES string of the molecule is CC[C@@H](C)c1ccc(N=Cc2cccn2-c2ccc(OC)cc2)cc1. The zero-order valence-corrected chi connectivity index (χ0v) is 15.0. The van der Waals surface area contributed by atoms with Gasteiger partial charge in [0.05, 0.1) is 24.7 Å². The highest BCUT2D eigenvalue weighted by Crippen LogP contribution is 2.22. The van der Waals surface area contributed by atoms with Crippen LogP contribution >= 0.6 is 0 Å². The molecule has 0 N–H and O–H groups in total. The Morgan fingerprint density at radius 2 is 1.76 bits per heavy atom. The largest absolute Gasteiger partial charge is 0.497 e. The van der Waals surface area contributed by atoms with Crippen LogP contribution in [0.15, 0.2) is 71.9 Å². The van der Waals surface area contributed by atoms with Crippen LogP contribution in [0, 0.1) is 0 Å². The van der Waals surface area contributed by atoms with E-state index in [9.17, 15) is 0 Å². The quantitative estimate of drug-likeness (QED) is 0.528. The van der Waals surface area contributed by atoms with Crippen LogP contribution in [0.1, 0.15) is 37.4 Å². The number of aliphatic imine (C=N–C) groups is 1. The molecule has 128 valence electrons. The van der Waals surface area contributed by atoms with Gasteiger partial charge in [0.25, 0.3) is 0 Å². The van der Waals surface area contributed by atoms with Crippen LogP contribution < -0.4 is 4.74 Å². The summed E-state index contributed by atoms with van der Waals surface area (Å²) in [7, 11) is 1.68. The van der Waals surface area contributed by atoms with Crippen molar-refractivity contribution in [2.45, 2.75) is 26.2 Å². The van der Waals surface area contributed by atoms with Crippen LogP contribution in [0.25, 0.3) is 5.69 Å². The van der Waals surface area contributed by atoms with Crippen molar-refractivity contribution in [3.05, 3.63) is 78.1 Å². The average molecular weight is 332 g/mol. The standard InChI is InChI=1S/C22H24N2O/c1-4-17(2)18-7-9-19(10-8-18)23-16-21-6-5-15-24(21)20-11-13-22(25-3)14-12-20/h5-17H,4H2,1-3H3/t17-/m1/s1. The third kappa shape index (κ3) is 4.00. The number of methoxy groups -OCH3 is 1. The number of hydrogen-bond acceptors (Lipinski definition) is 2. The van der Waals surface area contributed by atoms with E-state index < -0.39 is 0 Å². The lowest BCUT2D eigenvalue weighted by Gasteiger charge is -2.09. The van der Waals surface area contributed by atoms with E-state index in [1.807, 2.05) is 42.7 Å². The highest BCUT2D eigenvalue weighted by molar-refractivity contribution is 5.81. The van der Waals surface area contributed by atoms with Crippen LogP contribution in [-0.4, -0.2) is 17.9 Å². The molecule has 0 aliphatic heterocycles. The number of ether oxygens (including phenoxy) is 1. The molecule has 1 atom stereocenters. The molecule has 0 radical (unpaired) electrons. The molecule has 0 saturated heterocycles. The Labute approximate surface area is 149 Å². The second-order valence-electron chi connectivity index (χ2n) is 6.16. The summed E-state index contributed by atoms with van der Waals surface area (Å²) in [5.41, 5.74) is 4.45. The predicted molar refractivity (Wildman–Crippen MR) is 105 cm³/mol. The minimum Gasteiger partial charge on any atom is -0.497 e. The van der Waals surface area contributed by atoms with Crippen molar-refractivity contribution in [2.24, 2.45) is 4.99 Å². The first-order valence-corrected chi connectivity index (χ1v) is 8.67. The molecule has 0 spiro atoms. The van der Waals surface area contributed by atoms with E-state index in [4.69, 9.17) is 4.74 Å². The molecule has 1 heterocycles. The summed E-state index contributed by atoms with van der Waals surface area (Å²) >= 11 is 0. The fourth-order valence-electron chi connectivity index (χ4n) is 2.74. The summed E-state index contributed by atoms with van der Waals surface area (Å²) in [5.74, 6) is 1.44. The normalized spacial score (nSPS) is 12.4. The van der Waals surface area contributed by atoms with Gasteiger partial charge in [0.2, 0.25) is 0 Å². The summed E-state index contributed by atoms with van der Waals surface area (Å²) in [6, 6.07) is 20.6. The zero-order valence-electron chi connectivity index (χ0n) is 15.0. The first kappa shape index (κ1) is 17.0. The highest BCUT2D eigenvalue weighted by atomic mass is 16.5. The maximum Gasteiger partial charge on any atom is 0.119 e. The predicted octanol–water partition coefficient (Wildman–Crippen LogP) is 5.75. The summed E-state index contributed by atoms with van der Waals surface area (Å²) in [5, 5.41) is 0. The second kappa shape index (κ2) is 7.84. The molecular formula is C22H24N2O. The van der Waals surface area contributed by atoms with Gasteiger partial charge in [-0.05, 0) is 66.4 Å². The van der Waals surface area contributed by atoms with E-state index in [0.717, 1.165) is 29.2 Å². The fourth-order valence-corrected chi connectivity index (χ4v) is 2.74. The smallest absolute Gasteiger partial charge is 0.119 e. The summed E-state index contributed by atoms with van der Waals surface area (Å²) in [6.07, 6.45) is 5.09. The average Bonchev–Trinajstić information content (AvgIpc) is 3.15. The molecule has 1 aromatic heterocycles. The van der Waals surface area contributed by atoms with Gasteiger partial charge in [-0.15, -0.1) is 0 Å². The van der Waals surface area contributed by atoms with E-state index in [2.05, 4.69) is 53.7 Å². The van der Waals surface area contributed by atoms with Gasteiger partial charge in [-0.3, -0.25) is 4.99 Å².